The minimum atomic E-state index is -0.542. The van der Waals surface area contributed by atoms with E-state index in [4.69, 9.17) is 23.1 Å². The Morgan fingerprint density at radius 2 is 2.31 bits per heavy atom. The minimum Gasteiger partial charge on any atom is -0.383 e. The smallest absolute Gasteiger partial charge is 0.241 e. The average molecular weight is 198 g/mol. The third kappa shape index (κ3) is 2.76. The summed E-state index contributed by atoms with van der Waals surface area (Å²) in [5, 5.41) is 0.457. The van der Waals surface area contributed by atoms with E-state index < -0.39 is 5.91 Å². The van der Waals surface area contributed by atoms with Gasteiger partial charge in [0.1, 0.15) is 5.82 Å². The zero-order valence-electron chi connectivity index (χ0n) is 6.70. The molecule has 1 rings (SSSR count). The molecule has 13 heavy (non-hydrogen) atoms. The van der Waals surface area contributed by atoms with Gasteiger partial charge in [0.15, 0.2) is 0 Å². The Morgan fingerprint density at radius 1 is 1.62 bits per heavy atom. The number of hydrogen-bond donors (Lipinski definition) is 2. The summed E-state index contributed by atoms with van der Waals surface area (Å²) in [6, 6.07) is 1.60. The molecule has 0 aromatic carbocycles. The van der Waals surface area contributed by atoms with E-state index in [1.165, 1.54) is 18.3 Å². The number of nitrogens with zero attached hydrogens (tertiary/aromatic N) is 1. The Bertz CT molecular complexity index is 362. The Kier molecular flexibility index (Phi) is 2.87. The SMILES string of the molecule is NC(=O)C=Cc1cc(Cl)cnc1N. The van der Waals surface area contributed by atoms with Crippen LogP contribution in [0.2, 0.25) is 5.02 Å². The molecule has 1 aromatic heterocycles. The molecule has 4 nitrogen and oxygen atoms in total. The van der Waals surface area contributed by atoms with E-state index >= 15 is 0 Å². The van der Waals surface area contributed by atoms with Crippen molar-refractivity contribution in [3.05, 3.63) is 28.9 Å². The summed E-state index contributed by atoms with van der Waals surface area (Å²) in [6.07, 6.45) is 4.10. The molecule has 0 atom stereocenters. The summed E-state index contributed by atoms with van der Waals surface area (Å²) in [5.74, 6) is -0.235. The molecule has 0 radical (unpaired) electrons. The van der Waals surface area contributed by atoms with Crippen LogP contribution in [-0.2, 0) is 4.79 Å². The number of carbonyl (C=O) groups excluding carboxylic acids is 1. The maximum absolute atomic E-state index is 10.4. The van der Waals surface area contributed by atoms with Crippen molar-refractivity contribution in [3.8, 4) is 0 Å². The second-order valence-electron chi connectivity index (χ2n) is 2.36. The van der Waals surface area contributed by atoms with E-state index in [-0.39, 0.29) is 0 Å². The normalized spacial score (nSPS) is 10.5. The molecule has 1 heterocycles. The molecule has 0 bridgehead atoms. The van der Waals surface area contributed by atoms with Crippen molar-refractivity contribution in [2.75, 3.05) is 5.73 Å². The molecule has 4 N–H and O–H groups in total. The number of pyridine rings is 1. The standard InChI is InChI=1S/C8H8ClN3O/c9-6-3-5(1-2-7(10)13)8(11)12-4-6/h1-4H,(H2,10,13)(H2,11,12). The summed E-state index contributed by atoms with van der Waals surface area (Å²) in [4.78, 5) is 14.2. The van der Waals surface area contributed by atoms with Gasteiger partial charge in [-0.25, -0.2) is 4.98 Å². The first-order valence-electron chi connectivity index (χ1n) is 3.48. The number of primary amides is 1. The van der Waals surface area contributed by atoms with Crippen LogP contribution in [0.15, 0.2) is 18.3 Å². The third-order valence-electron chi connectivity index (χ3n) is 1.34. The third-order valence-corrected chi connectivity index (χ3v) is 1.55. The Morgan fingerprint density at radius 3 is 2.92 bits per heavy atom. The average Bonchev–Trinajstić information content (AvgIpc) is 2.06. The molecule has 0 aliphatic rings. The molecule has 1 amide bonds. The molecule has 0 spiro atoms. The van der Waals surface area contributed by atoms with Crippen LogP contribution in [0.5, 0.6) is 0 Å². The Balaban J connectivity index is 3.00. The van der Waals surface area contributed by atoms with Crippen LogP contribution in [0.3, 0.4) is 0 Å². The maximum Gasteiger partial charge on any atom is 0.241 e. The Hall–Kier alpha value is -1.55. The number of nitrogens with two attached hydrogens (primary N) is 2. The zero-order chi connectivity index (χ0) is 9.84. The van der Waals surface area contributed by atoms with Crippen LogP contribution < -0.4 is 11.5 Å². The van der Waals surface area contributed by atoms with Gasteiger partial charge in [-0.05, 0) is 12.1 Å². The summed E-state index contributed by atoms with van der Waals surface area (Å²) in [5.41, 5.74) is 11.0. The fourth-order valence-corrected chi connectivity index (χ4v) is 0.937. The van der Waals surface area contributed by atoms with Crippen LogP contribution in [-0.4, -0.2) is 10.9 Å². The van der Waals surface area contributed by atoms with Crippen molar-refractivity contribution < 1.29 is 4.79 Å². The predicted molar refractivity (Wildman–Crippen MR) is 51.9 cm³/mol. The first-order chi connectivity index (χ1) is 6.09. The van der Waals surface area contributed by atoms with Crippen LogP contribution in [0.4, 0.5) is 5.82 Å². The second-order valence-corrected chi connectivity index (χ2v) is 2.80. The summed E-state index contributed by atoms with van der Waals surface area (Å²) in [7, 11) is 0. The number of rotatable bonds is 2. The summed E-state index contributed by atoms with van der Waals surface area (Å²) < 4.78 is 0. The molecule has 68 valence electrons. The number of carbonyl (C=O) groups is 1. The molecule has 0 aliphatic heterocycles. The van der Waals surface area contributed by atoms with Crippen LogP contribution in [0.1, 0.15) is 5.56 Å². The molecule has 0 aliphatic carbocycles. The van der Waals surface area contributed by atoms with Crippen molar-refractivity contribution >= 4 is 29.4 Å². The van der Waals surface area contributed by atoms with Gasteiger partial charge in [-0.15, -0.1) is 0 Å². The van der Waals surface area contributed by atoms with Gasteiger partial charge in [0.25, 0.3) is 0 Å². The molecular weight excluding hydrogens is 190 g/mol. The minimum absolute atomic E-state index is 0.307. The molecule has 0 saturated heterocycles. The molecule has 1 aromatic rings. The first kappa shape index (κ1) is 9.54. The number of aromatic nitrogens is 1. The molecule has 5 heteroatoms. The van der Waals surface area contributed by atoms with Gasteiger partial charge < -0.3 is 11.5 Å². The van der Waals surface area contributed by atoms with Gasteiger partial charge >= 0.3 is 0 Å². The first-order valence-corrected chi connectivity index (χ1v) is 3.86. The van der Waals surface area contributed by atoms with Crippen molar-refractivity contribution in [1.29, 1.82) is 0 Å². The highest BCUT2D eigenvalue weighted by Gasteiger charge is 1.97. The number of halogens is 1. The monoisotopic (exact) mass is 197 g/mol. The van der Waals surface area contributed by atoms with Crippen molar-refractivity contribution in [3.63, 3.8) is 0 Å². The lowest BCUT2D eigenvalue weighted by atomic mass is 10.2. The van der Waals surface area contributed by atoms with Gasteiger partial charge in [-0.3, -0.25) is 4.79 Å². The quantitative estimate of drug-likeness (QED) is 0.689. The maximum atomic E-state index is 10.4. The number of hydrogen-bond acceptors (Lipinski definition) is 3. The van der Waals surface area contributed by atoms with Gasteiger partial charge in [0.05, 0.1) is 5.02 Å². The number of anilines is 1. The van der Waals surface area contributed by atoms with Gasteiger partial charge in [0.2, 0.25) is 5.91 Å². The van der Waals surface area contributed by atoms with E-state index in [2.05, 4.69) is 4.98 Å². The van der Waals surface area contributed by atoms with Crippen molar-refractivity contribution in [2.24, 2.45) is 5.73 Å². The number of amides is 1. The summed E-state index contributed by atoms with van der Waals surface area (Å²) in [6.45, 7) is 0. The van der Waals surface area contributed by atoms with E-state index in [9.17, 15) is 4.79 Å². The second kappa shape index (κ2) is 3.91. The highest BCUT2D eigenvalue weighted by atomic mass is 35.5. The van der Waals surface area contributed by atoms with Crippen LogP contribution in [0.25, 0.3) is 6.08 Å². The van der Waals surface area contributed by atoms with E-state index in [1.54, 1.807) is 6.07 Å². The van der Waals surface area contributed by atoms with E-state index in [1.807, 2.05) is 0 Å². The summed E-state index contributed by atoms with van der Waals surface area (Å²) >= 11 is 5.66. The van der Waals surface area contributed by atoms with Gasteiger partial charge in [-0.1, -0.05) is 11.6 Å². The number of nitrogen functional groups attached to an aromatic ring is 1. The predicted octanol–water partition coefficient (Wildman–Crippen LogP) is 0.816. The lowest BCUT2D eigenvalue weighted by molar-refractivity contribution is -0.113. The zero-order valence-corrected chi connectivity index (χ0v) is 7.45. The Labute approximate surface area is 80.2 Å². The highest BCUT2D eigenvalue weighted by molar-refractivity contribution is 6.30. The van der Waals surface area contributed by atoms with Crippen molar-refractivity contribution in [1.82, 2.24) is 4.98 Å². The molecule has 0 unspecified atom stereocenters. The van der Waals surface area contributed by atoms with E-state index in [0.717, 1.165) is 0 Å². The molecule has 0 fully saturated rings. The van der Waals surface area contributed by atoms with Crippen LogP contribution >= 0.6 is 11.6 Å². The molecule has 0 saturated carbocycles. The van der Waals surface area contributed by atoms with Gasteiger partial charge in [-0.2, -0.15) is 0 Å². The fourth-order valence-electron chi connectivity index (χ4n) is 0.771. The lowest BCUT2D eigenvalue weighted by Gasteiger charge is -1.98. The lowest BCUT2D eigenvalue weighted by Crippen LogP contribution is -2.05. The van der Waals surface area contributed by atoms with Crippen LogP contribution in [0, 0.1) is 0 Å². The fraction of sp³-hybridized carbons (Fsp3) is 0. The van der Waals surface area contributed by atoms with Gasteiger partial charge in [0, 0.05) is 17.8 Å². The molecular formula is C8H8ClN3O. The van der Waals surface area contributed by atoms with Crippen molar-refractivity contribution in [2.45, 2.75) is 0 Å². The topological polar surface area (TPSA) is 82.0 Å². The van der Waals surface area contributed by atoms with E-state index in [0.29, 0.717) is 16.4 Å². The largest absolute Gasteiger partial charge is 0.383 e. The highest BCUT2D eigenvalue weighted by Crippen LogP contribution is 2.15.